The molecule has 3 amide bonds. The third kappa shape index (κ3) is 2.21. The number of carbonyl (C=O) groups is 3. The lowest BCUT2D eigenvalue weighted by Crippen LogP contribution is -2.52. The fourth-order valence-corrected chi connectivity index (χ4v) is 3.00. The molecule has 1 saturated heterocycles. The fraction of sp³-hybridized carbons (Fsp3) is 0.400. The van der Waals surface area contributed by atoms with Gasteiger partial charge in [-0.05, 0) is 36.1 Å². The maximum Gasteiger partial charge on any atom is 0.255 e. The molecular formula is C15H17N3O3. The number of nitrogens with zero attached hydrogens (tertiary/aromatic N) is 1. The van der Waals surface area contributed by atoms with Crippen LogP contribution in [-0.2, 0) is 22.7 Å². The van der Waals surface area contributed by atoms with Crippen LogP contribution in [-0.4, -0.2) is 28.7 Å². The van der Waals surface area contributed by atoms with Crippen molar-refractivity contribution >= 4 is 17.7 Å². The van der Waals surface area contributed by atoms with Crippen molar-refractivity contribution in [2.75, 3.05) is 0 Å². The minimum absolute atomic E-state index is 0.158. The molecule has 2 heterocycles. The second-order valence-corrected chi connectivity index (χ2v) is 5.54. The number of carbonyl (C=O) groups excluding carboxylic acids is 3. The molecule has 0 radical (unpaired) electrons. The molecule has 1 fully saturated rings. The molecule has 6 nitrogen and oxygen atoms in total. The fourth-order valence-electron chi connectivity index (χ4n) is 3.00. The van der Waals surface area contributed by atoms with Crippen LogP contribution in [0.5, 0.6) is 0 Å². The number of hydrogen-bond donors (Lipinski definition) is 2. The molecule has 110 valence electrons. The van der Waals surface area contributed by atoms with Gasteiger partial charge >= 0.3 is 0 Å². The summed E-state index contributed by atoms with van der Waals surface area (Å²) in [5.41, 5.74) is 9.20. The molecular weight excluding hydrogens is 270 g/mol. The van der Waals surface area contributed by atoms with Gasteiger partial charge in [-0.1, -0.05) is 6.07 Å². The van der Waals surface area contributed by atoms with E-state index < -0.39 is 6.04 Å². The summed E-state index contributed by atoms with van der Waals surface area (Å²) in [5, 5.41) is 2.30. The minimum atomic E-state index is -0.566. The molecule has 0 spiro atoms. The third-order valence-corrected chi connectivity index (χ3v) is 4.20. The first-order valence-electron chi connectivity index (χ1n) is 6.98. The Labute approximate surface area is 122 Å². The molecule has 0 aromatic heterocycles. The number of imide groups is 1. The number of hydrogen-bond acceptors (Lipinski definition) is 4. The van der Waals surface area contributed by atoms with Gasteiger partial charge in [-0.15, -0.1) is 0 Å². The number of rotatable bonds is 2. The van der Waals surface area contributed by atoms with Gasteiger partial charge in [0.15, 0.2) is 0 Å². The van der Waals surface area contributed by atoms with Crippen LogP contribution in [0.4, 0.5) is 0 Å². The minimum Gasteiger partial charge on any atom is -0.326 e. The highest BCUT2D eigenvalue weighted by molar-refractivity contribution is 6.05. The highest BCUT2D eigenvalue weighted by Gasteiger charge is 2.39. The lowest BCUT2D eigenvalue weighted by molar-refractivity contribution is -0.136. The number of piperidine rings is 1. The van der Waals surface area contributed by atoms with Crippen LogP contribution in [0.15, 0.2) is 12.1 Å². The maximum absolute atomic E-state index is 12.5. The Morgan fingerprint density at radius 1 is 1.33 bits per heavy atom. The van der Waals surface area contributed by atoms with E-state index in [0.717, 1.165) is 16.7 Å². The van der Waals surface area contributed by atoms with Gasteiger partial charge in [0, 0.05) is 25.1 Å². The lowest BCUT2D eigenvalue weighted by Gasteiger charge is -2.29. The van der Waals surface area contributed by atoms with Gasteiger partial charge in [0.25, 0.3) is 5.91 Å². The molecule has 0 saturated carbocycles. The molecule has 0 bridgehead atoms. The Kier molecular flexibility index (Phi) is 3.25. The monoisotopic (exact) mass is 287 g/mol. The van der Waals surface area contributed by atoms with E-state index in [9.17, 15) is 14.4 Å². The number of amides is 3. The van der Waals surface area contributed by atoms with Crippen molar-refractivity contribution in [2.24, 2.45) is 5.73 Å². The van der Waals surface area contributed by atoms with E-state index in [0.29, 0.717) is 25.1 Å². The van der Waals surface area contributed by atoms with Crippen LogP contribution in [0.1, 0.15) is 39.9 Å². The van der Waals surface area contributed by atoms with Gasteiger partial charge in [0.2, 0.25) is 11.8 Å². The molecule has 1 aromatic carbocycles. The van der Waals surface area contributed by atoms with Gasteiger partial charge < -0.3 is 10.6 Å². The van der Waals surface area contributed by atoms with Crippen LogP contribution in [0.2, 0.25) is 0 Å². The molecule has 0 aliphatic carbocycles. The number of nitrogens with one attached hydrogen (secondary N) is 1. The summed E-state index contributed by atoms with van der Waals surface area (Å²) >= 11 is 0. The average molecular weight is 287 g/mol. The zero-order chi connectivity index (χ0) is 15.1. The van der Waals surface area contributed by atoms with Gasteiger partial charge in [-0.25, -0.2) is 0 Å². The smallest absolute Gasteiger partial charge is 0.255 e. The topological polar surface area (TPSA) is 92.5 Å². The predicted molar refractivity (Wildman–Crippen MR) is 75.1 cm³/mol. The lowest BCUT2D eigenvalue weighted by atomic mass is 10.0. The molecule has 1 atom stereocenters. The van der Waals surface area contributed by atoms with E-state index >= 15 is 0 Å². The van der Waals surface area contributed by atoms with Gasteiger partial charge in [-0.3, -0.25) is 19.7 Å². The van der Waals surface area contributed by atoms with Crippen LogP contribution in [0.3, 0.4) is 0 Å². The summed E-state index contributed by atoms with van der Waals surface area (Å²) in [6.45, 7) is 2.75. The standard InChI is InChI=1S/C15H17N3O3/c1-8-4-10-7-18(12-2-3-13(19)17-14(12)20)15(21)11(10)5-9(8)6-16/h4-5,12H,2-3,6-7,16H2,1H3,(H,17,19,20). The Hall–Kier alpha value is -2.21. The van der Waals surface area contributed by atoms with Crippen LogP contribution >= 0.6 is 0 Å². The molecule has 2 aliphatic rings. The third-order valence-electron chi connectivity index (χ3n) is 4.20. The first-order valence-corrected chi connectivity index (χ1v) is 6.98. The quantitative estimate of drug-likeness (QED) is 0.761. The van der Waals surface area contributed by atoms with Gasteiger partial charge in [-0.2, -0.15) is 0 Å². The van der Waals surface area contributed by atoms with E-state index in [2.05, 4.69) is 5.32 Å². The van der Waals surface area contributed by atoms with E-state index in [1.807, 2.05) is 19.1 Å². The largest absolute Gasteiger partial charge is 0.326 e. The molecule has 21 heavy (non-hydrogen) atoms. The molecule has 2 aliphatic heterocycles. The first-order chi connectivity index (χ1) is 10.0. The van der Waals surface area contributed by atoms with Crippen molar-refractivity contribution < 1.29 is 14.4 Å². The molecule has 1 aromatic rings. The van der Waals surface area contributed by atoms with Crippen LogP contribution < -0.4 is 11.1 Å². The predicted octanol–water partition coefficient (Wildman–Crippen LogP) is 0.215. The van der Waals surface area contributed by atoms with Crippen molar-refractivity contribution in [2.45, 2.75) is 38.9 Å². The molecule has 3 rings (SSSR count). The highest BCUT2D eigenvalue weighted by atomic mass is 16.2. The number of benzene rings is 1. The number of nitrogens with two attached hydrogens (primary N) is 1. The molecule has 3 N–H and O–H groups in total. The zero-order valence-corrected chi connectivity index (χ0v) is 11.8. The number of aryl methyl sites for hydroxylation is 1. The Bertz CT molecular complexity index is 654. The summed E-state index contributed by atoms with van der Waals surface area (Å²) in [5.74, 6) is -0.820. The van der Waals surface area contributed by atoms with Crippen molar-refractivity contribution in [1.29, 1.82) is 0 Å². The Morgan fingerprint density at radius 2 is 2.10 bits per heavy atom. The van der Waals surface area contributed by atoms with Crippen molar-refractivity contribution in [1.82, 2.24) is 10.2 Å². The SMILES string of the molecule is Cc1cc2c(cc1CN)C(=O)N(C1CCC(=O)NC1=O)C2. The summed E-state index contributed by atoms with van der Waals surface area (Å²) < 4.78 is 0. The highest BCUT2D eigenvalue weighted by Crippen LogP contribution is 2.29. The molecule has 6 heteroatoms. The maximum atomic E-state index is 12.5. The average Bonchev–Trinajstić information content (AvgIpc) is 2.74. The normalized spacial score (nSPS) is 21.5. The van der Waals surface area contributed by atoms with E-state index in [4.69, 9.17) is 5.73 Å². The first kappa shape index (κ1) is 13.8. The number of fused-ring (bicyclic) bond motifs is 1. The van der Waals surface area contributed by atoms with Crippen molar-refractivity contribution in [3.05, 3.63) is 34.4 Å². The second kappa shape index (κ2) is 4.96. The second-order valence-electron chi connectivity index (χ2n) is 5.54. The van der Waals surface area contributed by atoms with Crippen molar-refractivity contribution in [3.63, 3.8) is 0 Å². The Balaban J connectivity index is 1.90. The van der Waals surface area contributed by atoms with Crippen LogP contribution in [0.25, 0.3) is 0 Å². The van der Waals surface area contributed by atoms with E-state index in [1.54, 1.807) is 4.90 Å². The van der Waals surface area contributed by atoms with E-state index in [-0.39, 0.29) is 24.1 Å². The summed E-state index contributed by atoms with van der Waals surface area (Å²) in [4.78, 5) is 37.2. The van der Waals surface area contributed by atoms with Crippen molar-refractivity contribution in [3.8, 4) is 0 Å². The molecule has 1 unspecified atom stereocenters. The zero-order valence-electron chi connectivity index (χ0n) is 11.8. The van der Waals surface area contributed by atoms with Gasteiger partial charge in [0.1, 0.15) is 6.04 Å². The summed E-state index contributed by atoms with van der Waals surface area (Å²) in [7, 11) is 0. The van der Waals surface area contributed by atoms with Gasteiger partial charge in [0.05, 0.1) is 0 Å². The summed E-state index contributed by atoms with van der Waals surface area (Å²) in [6.07, 6.45) is 0.650. The summed E-state index contributed by atoms with van der Waals surface area (Å²) in [6, 6.07) is 3.21. The van der Waals surface area contributed by atoms with Crippen LogP contribution in [0, 0.1) is 6.92 Å². The van der Waals surface area contributed by atoms with E-state index in [1.165, 1.54) is 0 Å². The Morgan fingerprint density at radius 3 is 2.76 bits per heavy atom.